The van der Waals surface area contributed by atoms with Crippen LogP contribution in [0.15, 0.2) is 97.1 Å². The van der Waals surface area contributed by atoms with Crippen LogP contribution >= 0.6 is 0 Å². The maximum Gasteiger partial charge on any atom is -0.0279 e. The number of rotatable bonds is 6. The SMILES string of the molecule is CCC[Si](C)=[Zr+2].CCc1ccc(-c2cccc3[cH-]c(C(C)(C)C)c(C)c23)cc1.CCc1ccc(-c2cccc3[cH-]c(C(C)(C)C)c(C)c23)cc1.[Cl-].[Cl-]. The van der Waals surface area contributed by atoms with Gasteiger partial charge in [0, 0.05) is 0 Å². The van der Waals surface area contributed by atoms with Crippen molar-refractivity contribution in [2.45, 2.75) is 119 Å². The Morgan fingerprint density at radius 2 is 0.904 bits per heavy atom. The number of aryl methyl sites for hydroxylation is 4. The normalized spacial score (nSPS) is 11.2. The molecule has 276 valence electrons. The van der Waals surface area contributed by atoms with Gasteiger partial charge in [-0.2, -0.15) is 11.1 Å². The van der Waals surface area contributed by atoms with E-state index in [0.717, 1.165) is 12.8 Å². The zero-order chi connectivity index (χ0) is 36.8. The average Bonchev–Trinajstić information content (AvgIpc) is 3.62. The van der Waals surface area contributed by atoms with E-state index in [-0.39, 0.29) is 41.1 Å². The van der Waals surface area contributed by atoms with Crippen LogP contribution in [-0.2, 0) is 47.0 Å². The molecule has 0 saturated heterocycles. The van der Waals surface area contributed by atoms with E-state index in [2.05, 4.69) is 180 Å². The molecule has 0 aliphatic carbocycles. The van der Waals surface area contributed by atoms with Gasteiger partial charge in [0.05, 0.1) is 0 Å². The molecule has 0 aliphatic heterocycles. The third-order valence-corrected chi connectivity index (χ3v) is 13.0. The summed E-state index contributed by atoms with van der Waals surface area (Å²) in [6.45, 7) is 27.4. The van der Waals surface area contributed by atoms with E-state index in [1.807, 2.05) is 0 Å². The summed E-state index contributed by atoms with van der Waals surface area (Å²) in [6, 6.07) is 37.6. The van der Waals surface area contributed by atoms with Crippen molar-refractivity contribution in [1.29, 1.82) is 0 Å². The van der Waals surface area contributed by atoms with Gasteiger partial charge in [-0.05, 0) is 45.9 Å². The van der Waals surface area contributed by atoms with Crippen molar-refractivity contribution in [1.82, 2.24) is 0 Å². The summed E-state index contributed by atoms with van der Waals surface area (Å²) < 4.78 is 0. The summed E-state index contributed by atoms with van der Waals surface area (Å²) in [5.74, 6) is 0. The van der Waals surface area contributed by atoms with Gasteiger partial charge in [0.15, 0.2) is 0 Å². The van der Waals surface area contributed by atoms with Gasteiger partial charge in [-0.15, -0.1) is 69.1 Å². The zero-order valence-electron chi connectivity index (χ0n) is 33.8. The fourth-order valence-corrected chi connectivity index (χ4v) is 9.86. The van der Waals surface area contributed by atoms with E-state index in [4.69, 9.17) is 0 Å². The molecule has 0 atom stereocenters. The Labute approximate surface area is 344 Å². The van der Waals surface area contributed by atoms with Gasteiger partial charge in [-0.1, -0.05) is 141 Å². The molecule has 0 aliphatic rings. The first-order valence-electron chi connectivity index (χ1n) is 18.7. The Balaban J connectivity index is 0.000000302. The molecular formula is C48H60Cl2SiZr-2. The molecule has 4 heteroatoms. The number of hydrogen-bond donors (Lipinski definition) is 0. The van der Waals surface area contributed by atoms with Gasteiger partial charge in [0.1, 0.15) is 0 Å². The summed E-state index contributed by atoms with van der Waals surface area (Å²) in [4.78, 5) is 0. The van der Waals surface area contributed by atoms with E-state index < -0.39 is 0 Å². The van der Waals surface area contributed by atoms with E-state index in [9.17, 15) is 0 Å². The van der Waals surface area contributed by atoms with E-state index in [1.165, 1.54) is 89.6 Å². The van der Waals surface area contributed by atoms with Gasteiger partial charge < -0.3 is 24.8 Å². The Hall–Kier alpha value is -2.22. The van der Waals surface area contributed by atoms with Crippen LogP contribution in [0.5, 0.6) is 0 Å². The summed E-state index contributed by atoms with van der Waals surface area (Å²) in [5.41, 5.74) is 14.5. The minimum Gasteiger partial charge on any atom is -1.00 e. The van der Waals surface area contributed by atoms with Crippen molar-refractivity contribution in [2.24, 2.45) is 0 Å². The Morgan fingerprint density at radius 3 is 1.15 bits per heavy atom. The molecule has 0 heterocycles. The third kappa shape index (κ3) is 11.2. The summed E-state index contributed by atoms with van der Waals surface area (Å²) in [6.07, 6.45) is 3.58. The quantitative estimate of drug-likeness (QED) is 0.117. The molecule has 0 aromatic heterocycles. The maximum atomic E-state index is 2.40. The standard InChI is InChI=1S/2C22H25.C4H10Si.2ClH.Zr/c2*1-6-16-10-12-17(13-11-16)19-9-7-8-18-14-20(22(3,4)5)15(2)21(18)19;1-3-4-5-2;;;/h2*7-14H,6H2,1-5H3;3-4H2,1-2H3;2*1H;/q2*-1;;;;+2/p-2. The van der Waals surface area contributed by atoms with E-state index in [0.29, 0.717) is 0 Å². The van der Waals surface area contributed by atoms with E-state index in [1.54, 1.807) is 23.3 Å². The van der Waals surface area contributed by atoms with Crippen molar-refractivity contribution < 1.29 is 48.1 Å². The molecule has 52 heavy (non-hydrogen) atoms. The molecule has 0 fully saturated rings. The predicted octanol–water partition coefficient (Wildman–Crippen LogP) is 8.36. The smallest absolute Gasteiger partial charge is 0.0279 e. The van der Waals surface area contributed by atoms with Crippen LogP contribution < -0.4 is 24.8 Å². The van der Waals surface area contributed by atoms with Crippen LogP contribution in [0.3, 0.4) is 0 Å². The van der Waals surface area contributed by atoms with Crippen molar-refractivity contribution in [3.8, 4) is 22.3 Å². The van der Waals surface area contributed by atoms with Crippen LogP contribution in [-0.4, -0.2) is 5.43 Å². The van der Waals surface area contributed by atoms with Crippen LogP contribution in [0.2, 0.25) is 12.6 Å². The molecule has 0 spiro atoms. The van der Waals surface area contributed by atoms with Crippen LogP contribution in [0.1, 0.15) is 102 Å². The molecule has 6 aromatic carbocycles. The number of halogens is 2. The first kappa shape index (κ1) is 45.9. The molecule has 6 aromatic rings. The Morgan fingerprint density at radius 1 is 0.558 bits per heavy atom. The van der Waals surface area contributed by atoms with Crippen molar-refractivity contribution in [3.63, 3.8) is 0 Å². The van der Waals surface area contributed by atoms with Crippen LogP contribution in [0, 0.1) is 13.8 Å². The first-order chi connectivity index (χ1) is 23.6. The first-order valence-corrected chi connectivity index (χ1v) is 24.6. The van der Waals surface area contributed by atoms with Gasteiger partial charge >= 0.3 is 54.7 Å². The molecule has 0 saturated carbocycles. The topological polar surface area (TPSA) is 0 Å². The number of fused-ring (bicyclic) bond motifs is 2. The van der Waals surface area contributed by atoms with Crippen LogP contribution in [0.25, 0.3) is 43.8 Å². The molecule has 6 rings (SSSR count). The average molecular weight is 827 g/mol. The van der Waals surface area contributed by atoms with Gasteiger partial charge in [0.25, 0.3) is 0 Å². The largest absolute Gasteiger partial charge is 1.00 e. The Bertz CT molecular complexity index is 1890. The molecular weight excluding hydrogens is 767 g/mol. The second-order valence-corrected chi connectivity index (χ2v) is 24.4. The molecule has 0 bridgehead atoms. The molecule has 0 nitrogen and oxygen atoms in total. The van der Waals surface area contributed by atoms with Gasteiger partial charge in [-0.25, -0.2) is 0 Å². The van der Waals surface area contributed by atoms with Crippen LogP contribution in [0.4, 0.5) is 0 Å². The number of benzene rings is 4. The monoisotopic (exact) mass is 824 g/mol. The molecule has 0 unspecified atom stereocenters. The van der Waals surface area contributed by atoms with Crippen molar-refractivity contribution in [2.75, 3.05) is 0 Å². The zero-order valence-corrected chi connectivity index (χ0v) is 38.8. The minimum absolute atomic E-state index is 0. The second kappa shape index (κ2) is 19.9. The van der Waals surface area contributed by atoms with Gasteiger partial charge in [-0.3, -0.25) is 0 Å². The fraction of sp³-hybridized carbons (Fsp3) is 0.375. The van der Waals surface area contributed by atoms with Crippen molar-refractivity contribution in [3.05, 3.63) is 130 Å². The number of hydrogen-bond acceptors (Lipinski definition) is 0. The molecule has 0 radical (unpaired) electrons. The van der Waals surface area contributed by atoms with Crippen molar-refractivity contribution >= 4 is 27.0 Å². The maximum absolute atomic E-state index is 2.40. The molecule has 0 amide bonds. The predicted molar refractivity (Wildman–Crippen MR) is 222 cm³/mol. The summed E-state index contributed by atoms with van der Waals surface area (Å²) >= 11 is 1.79. The Kier molecular flexibility index (Phi) is 17.6. The molecule has 0 N–H and O–H groups in total. The van der Waals surface area contributed by atoms with E-state index >= 15 is 0 Å². The third-order valence-electron chi connectivity index (χ3n) is 9.94. The van der Waals surface area contributed by atoms with Gasteiger partial charge in [0.2, 0.25) is 0 Å². The second-order valence-electron chi connectivity index (χ2n) is 16.0. The minimum atomic E-state index is 0. The summed E-state index contributed by atoms with van der Waals surface area (Å²) in [7, 11) is 0. The summed E-state index contributed by atoms with van der Waals surface area (Å²) in [5, 5.41) is 5.55. The fourth-order valence-electron chi connectivity index (χ4n) is 7.27.